The summed E-state index contributed by atoms with van der Waals surface area (Å²) in [6.45, 7) is 5.80. The summed E-state index contributed by atoms with van der Waals surface area (Å²) in [5.41, 5.74) is 1.18. The van der Waals surface area contributed by atoms with Gasteiger partial charge in [-0.2, -0.15) is 0 Å². The zero-order valence-electron chi connectivity index (χ0n) is 12.0. The van der Waals surface area contributed by atoms with Gasteiger partial charge >= 0.3 is 0 Å². The first kappa shape index (κ1) is 16.1. The van der Waals surface area contributed by atoms with Crippen molar-refractivity contribution < 1.29 is 4.74 Å². The maximum absolute atomic E-state index is 6.09. The Morgan fingerprint density at radius 1 is 1.40 bits per heavy atom. The topological polar surface area (TPSA) is 24.5 Å². The molecule has 1 N–H and O–H groups in total. The highest BCUT2D eigenvalue weighted by Gasteiger charge is 2.26. The van der Waals surface area contributed by atoms with Crippen LogP contribution in [0.2, 0.25) is 10.0 Å². The predicted octanol–water partition coefficient (Wildman–Crippen LogP) is 2.84. The second kappa shape index (κ2) is 7.62. The van der Waals surface area contributed by atoms with Crippen LogP contribution in [-0.4, -0.2) is 50.3 Å². The van der Waals surface area contributed by atoms with E-state index in [0.717, 1.165) is 32.7 Å². The minimum atomic E-state index is 0.211. The molecule has 20 heavy (non-hydrogen) atoms. The molecular weight excluding hydrogens is 295 g/mol. The number of nitrogens with zero attached hydrogens (tertiary/aromatic N) is 1. The zero-order valence-corrected chi connectivity index (χ0v) is 13.5. The highest BCUT2D eigenvalue weighted by Crippen LogP contribution is 2.24. The molecule has 0 saturated carbocycles. The summed E-state index contributed by atoms with van der Waals surface area (Å²) >= 11 is 12.1. The first-order valence-corrected chi connectivity index (χ1v) is 7.83. The minimum Gasteiger partial charge on any atom is -0.374 e. The summed E-state index contributed by atoms with van der Waals surface area (Å²) in [5.74, 6) is 0. The van der Waals surface area contributed by atoms with Gasteiger partial charge in [0.25, 0.3) is 0 Å². The number of benzene rings is 1. The number of morpholine rings is 1. The molecule has 0 amide bonds. The lowest BCUT2D eigenvalue weighted by atomic mass is 10.00. The van der Waals surface area contributed by atoms with Gasteiger partial charge in [0.15, 0.2) is 0 Å². The third-order valence-electron chi connectivity index (χ3n) is 3.65. The van der Waals surface area contributed by atoms with Gasteiger partial charge < -0.3 is 15.0 Å². The molecule has 0 spiro atoms. The Morgan fingerprint density at radius 3 is 2.85 bits per heavy atom. The van der Waals surface area contributed by atoms with Gasteiger partial charge in [-0.15, -0.1) is 0 Å². The Kier molecular flexibility index (Phi) is 6.12. The standard InChI is InChI=1S/C15H22Cl2N2O/c1-3-18-14(15-10-19(2)6-7-20-15)9-11-4-5-12(16)13(17)8-11/h4-5,8,14-15,18H,3,6-7,9-10H2,1-2H3. The van der Waals surface area contributed by atoms with E-state index < -0.39 is 0 Å². The fourth-order valence-electron chi connectivity index (χ4n) is 2.57. The summed E-state index contributed by atoms with van der Waals surface area (Å²) in [7, 11) is 2.14. The van der Waals surface area contributed by atoms with Crippen LogP contribution in [0.3, 0.4) is 0 Å². The van der Waals surface area contributed by atoms with E-state index in [2.05, 4.69) is 24.2 Å². The second-order valence-electron chi connectivity index (χ2n) is 5.29. The molecular formula is C15H22Cl2N2O. The van der Waals surface area contributed by atoms with Crippen LogP contribution in [0.4, 0.5) is 0 Å². The molecule has 5 heteroatoms. The van der Waals surface area contributed by atoms with E-state index in [1.54, 1.807) is 0 Å². The Bertz CT molecular complexity index is 442. The normalized spacial score (nSPS) is 21.9. The monoisotopic (exact) mass is 316 g/mol. The Balaban J connectivity index is 2.06. The predicted molar refractivity (Wildman–Crippen MR) is 84.9 cm³/mol. The summed E-state index contributed by atoms with van der Waals surface area (Å²) in [6.07, 6.45) is 1.10. The van der Waals surface area contributed by atoms with Crippen molar-refractivity contribution in [1.82, 2.24) is 10.2 Å². The van der Waals surface area contributed by atoms with Crippen molar-refractivity contribution in [2.24, 2.45) is 0 Å². The van der Waals surface area contributed by atoms with Crippen molar-refractivity contribution in [3.63, 3.8) is 0 Å². The van der Waals surface area contributed by atoms with E-state index in [9.17, 15) is 0 Å². The van der Waals surface area contributed by atoms with Crippen LogP contribution in [0, 0.1) is 0 Å². The van der Waals surface area contributed by atoms with E-state index in [1.807, 2.05) is 18.2 Å². The van der Waals surface area contributed by atoms with Crippen molar-refractivity contribution in [1.29, 1.82) is 0 Å². The average Bonchev–Trinajstić information content (AvgIpc) is 2.42. The van der Waals surface area contributed by atoms with Crippen molar-refractivity contribution in [3.05, 3.63) is 33.8 Å². The highest BCUT2D eigenvalue weighted by molar-refractivity contribution is 6.42. The van der Waals surface area contributed by atoms with Crippen LogP contribution in [0.25, 0.3) is 0 Å². The molecule has 2 rings (SSSR count). The molecule has 1 aliphatic heterocycles. The van der Waals surface area contributed by atoms with E-state index >= 15 is 0 Å². The lowest BCUT2D eigenvalue weighted by Crippen LogP contribution is -2.52. The molecule has 1 aromatic carbocycles. The number of hydrogen-bond donors (Lipinski definition) is 1. The van der Waals surface area contributed by atoms with E-state index in [1.165, 1.54) is 5.56 Å². The lowest BCUT2D eigenvalue weighted by Gasteiger charge is -2.35. The number of likely N-dealkylation sites (N-methyl/N-ethyl adjacent to an activating group) is 2. The quantitative estimate of drug-likeness (QED) is 0.904. The Morgan fingerprint density at radius 2 is 2.20 bits per heavy atom. The maximum Gasteiger partial charge on any atom is 0.0858 e. The minimum absolute atomic E-state index is 0.211. The molecule has 1 saturated heterocycles. The van der Waals surface area contributed by atoms with Crippen LogP contribution in [0.1, 0.15) is 12.5 Å². The Labute approximate surface area is 131 Å². The van der Waals surface area contributed by atoms with Gasteiger partial charge in [-0.05, 0) is 37.7 Å². The number of ether oxygens (including phenoxy) is 1. The van der Waals surface area contributed by atoms with Crippen molar-refractivity contribution in [2.75, 3.05) is 33.3 Å². The second-order valence-corrected chi connectivity index (χ2v) is 6.10. The third kappa shape index (κ3) is 4.34. The number of halogens is 2. The molecule has 0 aromatic heterocycles. The van der Waals surface area contributed by atoms with Gasteiger partial charge in [0.2, 0.25) is 0 Å². The van der Waals surface area contributed by atoms with Crippen molar-refractivity contribution in [2.45, 2.75) is 25.5 Å². The highest BCUT2D eigenvalue weighted by atomic mass is 35.5. The van der Waals surface area contributed by atoms with Gasteiger partial charge in [-0.1, -0.05) is 36.2 Å². The summed E-state index contributed by atoms with van der Waals surface area (Å²) in [5, 5.41) is 4.74. The fraction of sp³-hybridized carbons (Fsp3) is 0.600. The first-order chi connectivity index (χ1) is 9.60. The lowest BCUT2D eigenvalue weighted by molar-refractivity contribution is -0.0381. The van der Waals surface area contributed by atoms with Gasteiger partial charge in [0.05, 0.1) is 22.8 Å². The summed E-state index contributed by atoms with van der Waals surface area (Å²) in [6, 6.07) is 6.13. The third-order valence-corrected chi connectivity index (χ3v) is 4.39. The van der Waals surface area contributed by atoms with E-state index in [0.29, 0.717) is 16.1 Å². The van der Waals surface area contributed by atoms with E-state index in [-0.39, 0.29) is 6.10 Å². The van der Waals surface area contributed by atoms with Gasteiger partial charge in [0, 0.05) is 19.1 Å². The Hall–Kier alpha value is -0.320. The largest absolute Gasteiger partial charge is 0.374 e. The molecule has 1 aromatic rings. The molecule has 2 atom stereocenters. The molecule has 0 radical (unpaired) electrons. The molecule has 0 bridgehead atoms. The van der Waals surface area contributed by atoms with Crippen LogP contribution in [0.15, 0.2) is 18.2 Å². The van der Waals surface area contributed by atoms with Gasteiger partial charge in [-0.25, -0.2) is 0 Å². The van der Waals surface area contributed by atoms with Crippen LogP contribution in [-0.2, 0) is 11.2 Å². The molecule has 3 nitrogen and oxygen atoms in total. The zero-order chi connectivity index (χ0) is 14.5. The molecule has 1 aliphatic rings. The van der Waals surface area contributed by atoms with E-state index in [4.69, 9.17) is 27.9 Å². The summed E-state index contributed by atoms with van der Waals surface area (Å²) < 4.78 is 5.93. The van der Waals surface area contributed by atoms with Gasteiger partial charge in [-0.3, -0.25) is 0 Å². The van der Waals surface area contributed by atoms with Crippen molar-refractivity contribution in [3.8, 4) is 0 Å². The van der Waals surface area contributed by atoms with Crippen LogP contribution >= 0.6 is 23.2 Å². The molecule has 112 valence electrons. The molecule has 1 heterocycles. The van der Waals surface area contributed by atoms with Gasteiger partial charge in [0.1, 0.15) is 0 Å². The smallest absolute Gasteiger partial charge is 0.0858 e. The van der Waals surface area contributed by atoms with Crippen molar-refractivity contribution >= 4 is 23.2 Å². The first-order valence-electron chi connectivity index (χ1n) is 7.07. The van der Waals surface area contributed by atoms with Crippen LogP contribution < -0.4 is 5.32 Å². The fourth-order valence-corrected chi connectivity index (χ4v) is 2.89. The average molecular weight is 317 g/mol. The SMILES string of the molecule is CCNC(Cc1ccc(Cl)c(Cl)c1)C1CN(C)CCO1. The number of hydrogen-bond acceptors (Lipinski definition) is 3. The maximum atomic E-state index is 6.09. The number of nitrogens with one attached hydrogen (secondary N) is 1. The number of rotatable bonds is 5. The molecule has 1 fully saturated rings. The summed E-state index contributed by atoms with van der Waals surface area (Å²) in [4.78, 5) is 2.31. The molecule has 2 unspecified atom stereocenters. The van der Waals surface area contributed by atoms with Crippen LogP contribution in [0.5, 0.6) is 0 Å². The molecule has 0 aliphatic carbocycles.